The molecule has 5 nitrogen and oxygen atoms in total. The van der Waals surface area contributed by atoms with Crippen LogP contribution in [0.5, 0.6) is 17.2 Å². The van der Waals surface area contributed by atoms with E-state index in [-0.39, 0.29) is 12.6 Å². The fourth-order valence-corrected chi connectivity index (χ4v) is 3.03. The van der Waals surface area contributed by atoms with Gasteiger partial charge in [-0.05, 0) is 60.7 Å². The van der Waals surface area contributed by atoms with Gasteiger partial charge in [0.15, 0.2) is 17.3 Å². The van der Waals surface area contributed by atoms with Crippen molar-refractivity contribution in [2.45, 2.75) is 0 Å². The second kappa shape index (κ2) is 8.32. The van der Waals surface area contributed by atoms with Gasteiger partial charge in [0.1, 0.15) is 5.75 Å². The van der Waals surface area contributed by atoms with E-state index in [0.717, 1.165) is 4.47 Å². The van der Waals surface area contributed by atoms with Gasteiger partial charge < -0.3 is 14.2 Å². The lowest BCUT2D eigenvalue weighted by Gasteiger charge is -2.08. The number of carbonyl (C=O) groups is 2. The Morgan fingerprint density at radius 3 is 2.45 bits per heavy atom. The van der Waals surface area contributed by atoms with Gasteiger partial charge in [0.2, 0.25) is 6.79 Å². The number of rotatable bonds is 5. The molecule has 0 N–H and O–H groups in total. The zero-order valence-electron chi connectivity index (χ0n) is 15.1. The molecule has 1 heterocycles. The van der Waals surface area contributed by atoms with Gasteiger partial charge in [0, 0.05) is 15.6 Å². The van der Waals surface area contributed by atoms with Crippen LogP contribution in [0.4, 0.5) is 0 Å². The van der Waals surface area contributed by atoms with Crippen molar-refractivity contribution in [3.63, 3.8) is 0 Å². The standard InChI is InChI=1S/C23H15BrO5/c24-18-9-5-15(6-10-18)19(25)11-7-16-3-1-2-4-20(16)29-23(26)17-8-12-21-22(13-17)28-14-27-21/h1-13H,14H2/b11-7+. The Morgan fingerprint density at radius 2 is 1.62 bits per heavy atom. The Bertz CT molecular complexity index is 1100. The molecule has 0 atom stereocenters. The van der Waals surface area contributed by atoms with E-state index in [0.29, 0.717) is 33.9 Å². The fraction of sp³-hybridized carbons (Fsp3) is 0.0435. The van der Waals surface area contributed by atoms with Crippen molar-refractivity contribution >= 4 is 33.8 Å². The quantitative estimate of drug-likeness (QED) is 0.228. The van der Waals surface area contributed by atoms with E-state index in [4.69, 9.17) is 14.2 Å². The summed E-state index contributed by atoms with van der Waals surface area (Å²) in [7, 11) is 0. The molecular weight excluding hydrogens is 436 g/mol. The van der Waals surface area contributed by atoms with Crippen LogP contribution >= 0.6 is 15.9 Å². The van der Waals surface area contributed by atoms with Gasteiger partial charge in [-0.25, -0.2) is 4.79 Å². The number of hydrogen-bond donors (Lipinski definition) is 0. The number of ether oxygens (including phenoxy) is 3. The number of ketones is 1. The molecule has 1 aliphatic heterocycles. The monoisotopic (exact) mass is 450 g/mol. The normalized spacial score (nSPS) is 12.2. The van der Waals surface area contributed by atoms with Crippen molar-refractivity contribution in [1.29, 1.82) is 0 Å². The van der Waals surface area contributed by atoms with Gasteiger partial charge in [-0.15, -0.1) is 0 Å². The molecule has 3 aromatic rings. The summed E-state index contributed by atoms with van der Waals surface area (Å²) in [5, 5.41) is 0. The molecule has 29 heavy (non-hydrogen) atoms. The zero-order valence-corrected chi connectivity index (χ0v) is 16.7. The highest BCUT2D eigenvalue weighted by Crippen LogP contribution is 2.33. The van der Waals surface area contributed by atoms with Gasteiger partial charge >= 0.3 is 5.97 Å². The van der Waals surface area contributed by atoms with E-state index in [2.05, 4.69) is 15.9 Å². The van der Waals surface area contributed by atoms with E-state index in [1.807, 2.05) is 18.2 Å². The van der Waals surface area contributed by atoms with Crippen LogP contribution in [0.1, 0.15) is 26.3 Å². The van der Waals surface area contributed by atoms with Crippen LogP contribution in [0.3, 0.4) is 0 Å². The van der Waals surface area contributed by atoms with Crippen molar-refractivity contribution in [1.82, 2.24) is 0 Å². The molecule has 0 amide bonds. The number of hydrogen-bond acceptors (Lipinski definition) is 5. The van der Waals surface area contributed by atoms with E-state index in [9.17, 15) is 9.59 Å². The summed E-state index contributed by atoms with van der Waals surface area (Å²) in [5.74, 6) is 0.789. The van der Waals surface area contributed by atoms with E-state index < -0.39 is 5.97 Å². The second-order valence-corrected chi connectivity index (χ2v) is 7.12. The molecule has 0 radical (unpaired) electrons. The minimum Gasteiger partial charge on any atom is -0.454 e. The van der Waals surface area contributed by atoms with Crippen molar-refractivity contribution in [2.24, 2.45) is 0 Å². The number of halogens is 1. The molecule has 0 aromatic heterocycles. The van der Waals surface area contributed by atoms with Crippen LogP contribution in [-0.4, -0.2) is 18.5 Å². The Morgan fingerprint density at radius 1 is 0.897 bits per heavy atom. The number of esters is 1. The predicted octanol–water partition coefficient (Wildman–Crippen LogP) is 5.29. The first-order valence-electron chi connectivity index (χ1n) is 8.79. The summed E-state index contributed by atoms with van der Waals surface area (Å²) >= 11 is 3.35. The summed E-state index contributed by atoms with van der Waals surface area (Å²) < 4.78 is 17.0. The first-order valence-corrected chi connectivity index (χ1v) is 9.58. The van der Waals surface area contributed by atoms with Crippen molar-refractivity contribution < 1.29 is 23.8 Å². The van der Waals surface area contributed by atoms with Crippen LogP contribution in [-0.2, 0) is 0 Å². The highest BCUT2D eigenvalue weighted by molar-refractivity contribution is 9.10. The molecule has 3 aromatic carbocycles. The van der Waals surface area contributed by atoms with Crippen molar-refractivity contribution in [3.05, 3.63) is 94.0 Å². The van der Waals surface area contributed by atoms with Crippen LogP contribution < -0.4 is 14.2 Å². The number of allylic oxidation sites excluding steroid dienone is 1. The smallest absolute Gasteiger partial charge is 0.343 e. The van der Waals surface area contributed by atoms with Crippen LogP contribution in [0.15, 0.2) is 77.3 Å². The lowest BCUT2D eigenvalue weighted by molar-refractivity contribution is 0.0733. The minimum absolute atomic E-state index is 0.133. The van der Waals surface area contributed by atoms with E-state index in [1.165, 1.54) is 6.08 Å². The maximum absolute atomic E-state index is 12.5. The highest BCUT2D eigenvalue weighted by atomic mass is 79.9. The maximum atomic E-state index is 12.5. The molecule has 0 saturated carbocycles. The summed E-state index contributed by atoms with van der Waals surface area (Å²) in [4.78, 5) is 24.9. The Hall–Kier alpha value is -3.38. The van der Waals surface area contributed by atoms with Gasteiger partial charge in [-0.1, -0.05) is 34.1 Å². The van der Waals surface area contributed by atoms with E-state index in [1.54, 1.807) is 54.6 Å². The summed E-state index contributed by atoms with van der Waals surface area (Å²) in [6, 6.07) is 19.0. The van der Waals surface area contributed by atoms with Crippen molar-refractivity contribution in [2.75, 3.05) is 6.79 Å². The topological polar surface area (TPSA) is 61.8 Å². The molecule has 6 heteroatoms. The third kappa shape index (κ3) is 4.38. The molecule has 0 fully saturated rings. The molecular formula is C23H15BrO5. The zero-order chi connectivity index (χ0) is 20.2. The molecule has 0 saturated heterocycles. The van der Waals surface area contributed by atoms with Crippen molar-refractivity contribution in [3.8, 4) is 17.2 Å². The summed E-state index contributed by atoms with van der Waals surface area (Å²) in [6.07, 6.45) is 3.09. The Balaban J connectivity index is 1.51. The Kier molecular flexibility index (Phi) is 5.44. The summed E-state index contributed by atoms with van der Waals surface area (Å²) in [5.41, 5.74) is 1.53. The van der Waals surface area contributed by atoms with Gasteiger partial charge in [-0.2, -0.15) is 0 Å². The molecule has 144 valence electrons. The maximum Gasteiger partial charge on any atom is 0.343 e. The molecule has 0 spiro atoms. The molecule has 4 rings (SSSR count). The number of fused-ring (bicyclic) bond motifs is 1. The predicted molar refractivity (Wildman–Crippen MR) is 111 cm³/mol. The molecule has 0 aliphatic carbocycles. The first-order chi connectivity index (χ1) is 14.1. The second-order valence-electron chi connectivity index (χ2n) is 6.20. The Labute approximate surface area is 175 Å². The largest absolute Gasteiger partial charge is 0.454 e. The fourth-order valence-electron chi connectivity index (χ4n) is 2.77. The average Bonchev–Trinajstić information content (AvgIpc) is 3.21. The number of para-hydroxylation sites is 1. The average molecular weight is 451 g/mol. The third-order valence-corrected chi connectivity index (χ3v) is 4.80. The molecule has 0 unspecified atom stereocenters. The lowest BCUT2D eigenvalue weighted by Crippen LogP contribution is -2.09. The SMILES string of the molecule is O=C(/C=C/c1ccccc1OC(=O)c1ccc2c(c1)OCO2)c1ccc(Br)cc1. The molecule has 0 bridgehead atoms. The number of carbonyl (C=O) groups excluding carboxylic acids is 2. The number of benzene rings is 3. The van der Waals surface area contributed by atoms with Crippen LogP contribution in [0.25, 0.3) is 6.08 Å². The van der Waals surface area contributed by atoms with Crippen LogP contribution in [0, 0.1) is 0 Å². The van der Waals surface area contributed by atoms with E-state index >= 15 is 0 Å². The van der Waals surface area contributed by atoms with Gasteiger partial charge in [0.05, 0.1) is 5.56 Å². The van der Waals surface area contributed by atoms with Gasteiger partial charge in [0.25, 0.3) is 0 Å². The minimum atomic E-state index is -0.525. The summed E-state index contributed by atoms with van der Waals surface area (Å²) in [6.45, 7) is 0.133. The highest BCUT2D eigenvalue weighted by Gasteiger charge is 2.18. The van der Waals surface area contributed by atoms with Gasteiger partial charge in [-0.3, -0.25) is 4.79 Å². The third-order valence-electron chi connectivity index (χ3n) is 4.27. The van der Waals surface area contributed by atoms with Crippen LogP contribution in [0.2, 0.25) is 0 Å². The molecule has 1 aliphatic rings. The lowest BCUT2D eigenvalue weighted by atomic mass is 10.1. The first kappa shape index (κ1) is 19.0.